The van der Waals surface area contributed by atoms with Gasteiger partial charge < -0.3 is 10.2 Å². The minimum Gasteiger partial charge on any atom is -0.352 e. The standard InChI is InChI=1S/C22H25BrCl2N2O2S/c1-14(2)26-22(29)15(3)27(11-16-6-4-7-17(23)10-16)21(28)13-30-12-18-19(24)8-5-9-20(18)25/h4-10,14-15H,11-13H2,1-3H3,(H,26,29)/t15-/m0/s1. The van der Waals surface area contributed by atoms with E-state index in [1.165, 1.54) is 11.8 Å². The van der Waals surface area contributed by atoms with Crippen molar-refractivity contribution in [2.75, 3.05) is 5.75 Å². The van der Waals surface area contributed by atoms with E-state index in [0.717, 1.165) is 15.6 Å². The Morgan fingerprint density at radius 3 is 2.33 bits per heavy atom. The van der Waals surface area contributed by atoms with Crippen molar-refractivity contribution in [3.8, 4) is 0 Å². The molecule has 0 unspecified atom stereocenters. The van der Waals surface area contributed by atoms with Crippen LogP contribution in [0.15, 0.2) is 46.9 Å². The molecule has 0 saturated carbocycles. The normalized spacial score (nSPS) is 12.0. The van der Waals surface area contributed by atoms with Crippen LogP contribution < -0.4 is 5.32 Å². The van der Waals surface area contributed by atoms with Crippen molar-refractivity contribution in [2.45, 2.75) is 45.2 Å². The molecule has 30 heavy (non-hydrogen) atoms. The zero-order valence-corrected chi connectivity index (χ0v) is 21.0. The second-order valence-corrected chi connectivity index (χ2v) is 9.90. The predicted octanol–water partition coefficient (Wildman–Crippen LogP) is 5.93. The van der Waals surface area contributed by atoms with Gasteiger partial charge in [-0.1, -0.05) is 57.3 Å². The second kappa shape index (κ2) is 12.0. The number of rotatable bonds is 9. The molecule has 4 nitrogen and oxygen atoms in total. The fraction of sp³-hybridized carbons (Fsp3) is 0.364. The summed E-state index contributed by atoms with van der Waals surface area (Å²) in [5.41, 5.74) is 1.75. The van der Waals surface area contributed by atoms with Crippen molar-refractivity contribution in [3.05, 3.63) is 68.1 Å². The quantitative estimate of drug-likeness (QED) is 0.436. The molecule has 0 aromatic heterocycles. The number of amides is 2. The van der Waals surface area contributed by atoms with Gasteiger partial charge in [0.2, 0.25) is 11.8 Å². The fourth-order valence-corrected chi connectivity index (χ4v) is 4.91. The molecule has 162 valence electrons. The third-order valence-corrected chi connectivity index (χ3v) is 6.52. The van der Waals surface area contributed by atoms with Gasteiger partial charge >= 0.3 is 0 Å². The monoisotopic (exact) mass is 530 g/mol. The number of benzene rings is 2. The lowest BCUT2D eigenvalue weighted by Crippen LogP contribution is -2.49. The molecule has 0 fully saturated rings. The van der Waals surface area contributed by atoms with Crippen molar-refractivity contribution >= 4 is 62.7 Å². The summed E-state index contributed by atoms with van der Waals surface area (Å²) in [5, 5.41) is 4.05. The van der Waals surface area contributed by atoms with Gasteiger partial charge in [-0.3, -0.25) is 9.59 Å². The molecule has 0 radical (unpaired) electrons. The van der Waals surface area contributed by atoms with Crippen LogP contribution in [0, 0.1) is 0 Å². The molecule has 8 heteroatoms. The average Bonchev–Trinajstić information content (AvgIpc) is 2.67. The Morgan fingerprint density at radius 2 is 1.73 bits per heavy atom. The number of halogens is 3. The van der Waals surface area contributed by atoms with Gasteiger partial charge in [0.15, 0.2) is 0 Å². The number of nitrogens with zero attached hydrogens (tertiary/aromatic N) is 1. The number of nitrogens with one attached hydrogen (secondary N) is 1. The van der Waals surface area contributed by atoms with E-state index in [1.807, 2.05) is 38.1 Å². The largest absolute Gasteiger partial charge is 0.352 e. The number of hydrogen-bond donors (Lipinski definition) is 1. The zero-order valence-electron chi connectivity index (χ0n) is 17.1. The molecule has 2 amide bonds. The van der Waals surface area contributed by atoms with E-state index in [0.29, 0.717) is 22.3 Å². The Hall–Kier alpha value is -1.21. The summed E-state index contributed by atoms with van der Waals surface area (Å²) in [6, 6.07) is 12.5. The first-order chi connectivity index (χ1) is 14.2. The Balaban J connectivity index is 2.11. The molecule has 0 spiro atoms. The van der Waals surface area contributed by atoms with Crippen molar-refractivity contribution in [2.24, 2.45) is 0 Å². The lowest BCUT2D eigenvalue weighted by Gasteiger charge is -2.29. The molecule has 1 atom stereocenters. The smallest absolute Gasteiger partial charge is 0.242 e. The van der Waals surface area contributed by atoms with Crippen LogP contribution in [0.4, 0.5) is 0 Å². The van der Waals surface area contributed by atoms with Crippen LogP contribution in [0.5, 0.6) is 0 Å². The van der Waals surface area contributed by atoms with Crippen molar-refractivity contribution in [1.29, 1.82) is 0 Å². The van der Waals surface area contributed by atoms with Crippen LogP contribution in [0.3, 0.4) is 0 Å². The number of carbonyl (C=O) groups excluding carboxylic acids is 2. The Labute approximate surface area is 200 Å². The van der Waals surface area contributed by atoms with Crippen LogP contribution in [-0.2, 0) is 21.9 Å². The molecule has 2 aromatic carbocycles. The van der Waals surface area contributed by atoms with Crippen molar-refractivity contribution in [1.82, 2.24) is 10.2 Å². The van der Waals surface area contributed by atoms with E-state index in [-0.39, 0.29) is 23.6 Å². The van der Waals surface area contributed by atoms with E-state index < -0.39 is 6.04 Å². The SMILES string of the molecule is CC(C)NC(=O)[C@H](C)N(Cc1cccc(Br)c1)C(=O)CSCc1c(Cl)cccc1Cl. The molecule has 0 saturated heterocycles. The van der Waals surface area contributed by atoms with Crippen LogP contribution in [-0.4, -0.2) is 34.6 Å². The summed E-state index contributed by atoms with van der Waals surface area (Å²) in [7, 11) is 0. The molecular formula is C22H25BrCl2N2O2S. The van der Waals surface area contributed by atoms with Gasteiger partial charge in [0.25, 0.3) is 0 Å². The van der Waals surface area contributed by atoms with Gasteiger partial charge in [-0.05, 0) is 56.2 Å². The molecule has 0 aliphatic carbocycles. The van der Waals surface area contributed by atoms with Crippen LogP contribution in [0.25, 0.3) is 0 Å². The number of hydrogen-bond acceptors (Lipinski definition) is 3. The summed E-state index contributed by atoms with van der Waals surface area (Å²) in [6.45, 7) is 5.89. The van der Waals surface area contributed by atoms with Crippen LogP contribution in [0.1, 0.15) is 31.9 Å². The average molecular weight is 532 g/mol. The minimum atomic E-state index is -0.594. The Kier molecular flexibility index (Phi) is 10.0. The van der Waals surface area contributed by atoms with Gasteiger partial charge in [-0.2, -0.15) is 0 Å². The molecule has 2 rings (SSSR count). The fourth-order valence-electron chi connectivity index (χ4n) is 2.81. The predicted molar refractivity (Wildman–Crippen MR) is 130 cm³/mol. The second-order valence-electron chi connectivity index (χ2n) is 7.18. The topological polar surface area (TPSA) is 49.4 Å². The van der Waals surface area contributed by atoms with E-state index >= 15 is 0 Å². The van der Waals surface area contributed by atoms with Crippen LogP contribution >= 0.6 is 50.9 Å². The molecule has 0 heterocycles. The Morgan fingerprint density at radius 1 is 1.10 bits per heavy atom. The van der Waals surface area contributed by atoms with Gasteiger partial charge in [-0.15, -0.1) is 11.8 Å². The summed E-state index contributed by atoms with van der Waals surface area (Å²) < 4.78 is 0.925. The molecule has 0 aliphatic rings. The zero-order chi connectivity index (χ0) is 22.3. The molecule has 0 bridgehead atoms. The maximum Gasteiger partial charge on any atom is 0.242 e. The highest BCUT2D eigenvalue weighted by Gasteiger charge is 2.26. The maximum absolute atomic E-state index is 13.1. The van der Waals surface area contributed by atoms with Crippen molar-refractivity contribution < 1.29 is 9.59 Å². The van der Waals surface area contributed by atoms with Gasteiger partial charge in [0, 0.05) is 32.9 Å². The summed E-state index contributed by atoms with van der Waals surface area (Å²) in [4.78, 5) is 27.3. The molecule has 2 aromatic rings. The molecule has 0 aliphatic heterocycles. The third kappa shape index (κ3) is 7.49. The summed E-state index contributed by atoms with van der Waals surface area (Å²) in [5.74, 6) is 0.443. The highest BCUT2D eigenvalue weighted by Crippen LogP contribution is 2.28. The van der Waals surface area contributed by atoms with Gasteiger partial charge in [-0.25, -0.2) is 0 Å². The highest BCUT2D eigenvalue weighted by molar-refractivity contribution is 9.10. The third-order valence-electron chi connectivity index (χ3n) is 4.37. The first kappa shape index (κ1) is 25.1. The first-order valence-electron chi connectivity index (χ1n) is 9.54. The van der Waals surface area contributed by atoms with Crippen molar-refractivity contribution in [3.63, 3.8) is 0 Å². The lowest BCUT2D eigenvalue weighted by molar-refractivity contribution is -0.138. The van der Waals surface area contributed by atoms with Gasteiger partial charge in [0.05, 0.1) is 5.75 Å². The van der Waals surface area contributed by atoms with E-state index in [1.54, 1.807) is 30.0 Å². The number of thioether (sulfide) groups is 1. The first-order valence-corrected chi connectivity index (χ1v) is 12.2. The van der Waals surface area contributed by atoms with Crippen LogP contribution in [0.2, 0.25) is 10.0 Å². The summed E-state index contributed by atoms with van der Waals surface area (Å²) in [6.07, 6.45) is 0. The minimum absolute atomic E-state index is 0.000453. The maximum atomic E-state index is 13.1. The summed E-state index contributed by atoms with van der Waals surface area (Å²) >= 11 is 17.3. The molecular weight excluding hydrogens is 507 g/mol. The highest BCUT2D eigenvalue weighted by atomic mass is 79.9. The van der Waals surface area contributed by atoms with E-state index in [4.69, 9.17) is 23.2 Å². The van der Waals surface area contributed by atoms with E-state index in [9.17, 15) is 9.59 Å². The van der Waals surface area contributed by atoms with E-state index in [2.05, 4.69) is 21.2 Å². The lowest BCUT2D eigenvalue weighted by atomic mass is 10.1. The number of carbonyl (C=O) groups is 2. The molecule has 1 N–H and O–H groups in total. The van der Waals surface area contributed by atoms with Gasteiger partial charge in [0.1, 0.15) is 6.04 Å². The Bertz CT molecular complexity index is 875.